The lowest BCUT2D eigenvalue weighted by Crippen LogP contribution is -2.25. The average molecular weight is 170 g/mol. The van der Waals surface area contributed by atoms with E-state index in [1.165, 1.54) is 6.42 Å². The summed E-state index contributed by atoms with van der Waals surface area (Å²) in [5.41, 5.74) is 0. The van der Waals surface area contributed by atoms with Gasteiger partial charge in [-0.2, -0.15) is 0 Å². The largest absolute Gasteiger partial charge is 0.548 e. The summed E-state index contributed by atoms with van der Waals surface area (Å²) in [6.07, 6.45) is 1.28. The minimum absolute atomic E-state index is 0.668. The highest BCUT2D eigenvalue weighted by Gasteiger charge is 2.37. The van der Waals surface area contributed by atoms with E-state index in [1.807, 2.05) is 0 Å². The Bertz CT molecular complexity index is 169. The molecule has 0 bridgehead atoms. The van der Waals surface area contributed by atoms with Gasteiger partial charge in [-0.15, -0.1) is 0 Å². The first-order valence-corrected chi connectivity index (χ1v) is 7.69. The summed E-state index contributed by atoms with van der Waals surface area (Å²) < 4.78 is 5.78. The summed E-state index contributed by atoms with van der Waals surface area (Å²) in [4.78, 5) is 0. The third kappa shape index (κ3) is 2.70. The normalized spacial score (nSPS) is 29.8. The van der Waals surface area contributed by atoms with Gasteiger partial charge >= 0.3 is 0 Å². The monoisotopic (exact) mass is 170 g/mol. The maximum Gasteiger partial charge on any atom is 0.241 e. The summed E-state index contributed by atoms with van der Waals surface area (Å²) in [6, 6.07) is 0. The molecule has 0 aromatic heterocycles. The van der Waals surface area contributed by atoms with Gasteiger partial charge in [-0.1, -0.05) is 13.5 Å². The summed E-state index contributed by atoms with van der Waals surface area (Å²) in [5, 5.41) is 0. The Balaban J connectivity index is 2.33. The van der Waals surface area contributed by atoms with Crippen LogP contribution in [0.25, 0.3) is 0 Å². The van der Waals surface area contributed by atoms with E-state index in [9.17, 15) is 0 Å². The number of allylic oxidation sites excluding steroid dienone is 1. The van der Waals surface area contributed by atoms with Crippen molar-refractivity contribution in [3.8, 4) is 0 Å². The Morgan fingerprint density at radius 1 is 1.45 bits per heavy atom. The molecule has 0 aliphatic heterocycles. The molecule has 64 valence electrons. The molecule has 0 unspecified atom stereocenters. The minimum Gasteiger partial charge on any atom is -0.548 e. The summed E-state index contributed by atoms with van der Waals surface area (Å²) in [7, 11) is -1.37. The summed E-state index contributed by atoms with van der Waals surface area (Å²) in [6.45, 7) is 12.8. The van der Waals surface area contributed by atoms with E-state index in [2.05, 4.69) is 33.1 Å². The third-order valence-electron chi connectivity index (χ3n) is 1.96. The van der Waals surface area contributed by atoms with Crippen LogP contribution in [0.2, 0.25) is 19.6 Å². The third-order valence-corrected chi connectivity index (χ3v) is 2.83. The van der Waals surface area contributed by atoms with Crippen LogP contribution in [0.4, 0.5) is 0 Å². The van der Waals surface area contributed by atoms with Gasteiger partial charge in [-0.25, -0.2) is 0 Å². The van der Waals surface area contributed by atoms with Gasteiger partial charge < -0.3 is 4.43 Å². The van der Waals surface area contributed by atoms with Crippen molar-refractivity contribution in [2.45, 2.75) is 33.0 Å². The lowest BCUT2D eigenvalue weighted by Gasteiger charge is -2.20. The predicted molar refractivity (Wildman–Crippen MR) is 50.8 cm³/mol. The molecule has 0 spiro atoms. The Morgan fingerprint density at radius 2 is 1.91 bits per heavy atom. The highest BCUT2D eigenvalue weighted by Crippen LogP contribution is 2.43. The number of hydrogen-bond acceptors (Lipinski definition) is 1. The molecule has 1 aliphatic rings. The van der Waals surface area contributed by atoms with Crippen molar-refractivity contribution >= 4 is 8.32 Å². The fourth-order valence-corrected chi connectivity index (χ4v) is 2.18. The van der Waals surface area contributed by atoms with Crippen molar-refractivity contribution < 1.29 is 4.43 Å². The molecular formula is C9H18OSi. The fourth-order valence-electron chi connectivity index (χ4n) is 1.24. The maximum absolute atomic E-state index is 5.78. The van der Waals surface area contributed by atoms with Crippen LogP contribution >= 0.6 is 0 Å². The van der Waals surface area contributed by atoms with Crippen molar-refractivity contribution in [3.63, 3.8) is 0 Å². The minimum atomic E-state index is -1.37. The molecule has 0 saturated heterocycles. The maximum atomic E-state index is 5.78. The van der Waals surface area contributed by atoms with E-state index in [-0.39, 0.29) is 0 Å². The predicted octanol–water partition coefficient (Wildman–Crippen LogP) is 3.01. The topological polar surface area (TPSA) is 9.23 Å². The Morgan fingerprint density at radius 3 is 2.18 bits per heavy atom. The molecule has 0 radical (unpaired) electrons. The van der Waals surface area contributed by atoms with Crippen LogP contribution in [0.1, 0.15) is 13.3 Å². The molecule has 0 N–H and O–H groups in total. The highest BCUT2D eigenvalue weighted by molar-refractivity contribution is 6.70. The first kappa shape index (κ1) is 8.85. The van der Waals surface area contributed by atoms with Gasteiger partial charge in [-0.3, -0.25) is 0 Å². The van der Waals surface area contributed by atoms with Gasteiger partial charge in [0.2, 0.25) is 8.32 Å². The van der Waals surface area contributed by atoms with Crippen LogP contribution in [0, 0.1) is 11.8 Å². The average Bonchev–Trinajstić information content (AvgIpc) is 2.41. The number of hydrogen-bond donors (Lipinski definition) is 0. The SMILES string of the molecule is C=C(O[Si](C)(C)C)[C@H]1C[C@@H]1C. The molecular weight excluding hydrogens is 152 g/mol. The van der Waals surface area contributed by atoms with Crippen LogP contribution < -0.4 is 0 Å². The van der Waals surface area contributed by atoms with Crippen molar-refractivity contribution in [2.75, 3.05) is 0 Å². The molecule has 0 amide bonds. The van der Waals surface area contributed by atoms with Crippen LogP contribution in [0.15, 0.2) is 12.3 Å². The van der Waals surface area contributed by atoms with Gasteiger partial charge in [0.25, 0.3) is 0 Å². The summed E-state index contributed by atoms with van der Waals surface area (Å²) in [5.74, 6) is 2.53. The zero-order chi connectivity index (χ0) is 8.65. The van der Waals surface area contributed by atoms with Crippen LogP contribution in [0.3, 0.4) is 0 Å². The lowest BCUT2D eigenvalue weighted by atomic mass is 10.3. The molecule has 2 heteroatoms. The van der Waals surface area contributed by atoms with Gasteiger partial charge in [-0.05, 0) is 32.0 Å². The smallest absolute Gasteiger partial charge is 0.241 e. The Labute approximate surface area is 70.6 Å². The van der Waals surface area contributed by atoms with E-state index in [1.54, 1.807) is 0 Å². The highest BCUT2D eigenvalue weighted by atomic mass is 28.4. The van der Waals surface area contributed by atoms with Crippen LogP contribution in [0.5, 0.6) is 0 Å². The van der Waals surface area contributed by atoms with Crippen LogP contribution in [-0.4, -0.2) is 8.32 Å². The van der Waals surface area contributed by atoms with Gasteiger partial charge in [0.05, 0.1) is 5.76 Å². The van der Waals surface area contributed by atoms with E-state index >= 15 is 0 Å². The molecule has 1 nitrogen and oxygen atoms in total. The van der Waals surface area contributed by atoms with Gasteiger partial charge in [0.1, 0.15) is 0 Å². The van der Waals surface area contributed by atoms with E-state index in [4.69, 9.17) is 4.43 Å². The molecule has 0 aromatic carbocycles. The first-order chi connectivity index (χ1) is 4.90. The Kier molecular flexibility index (Phi) is 2.14. The quantitative estimate of drug-likeness (QED) is 0.467. The molecule has 11 heavy (non-hydrogen) atoms. The molecule has 0 heterocycles. The molecule has 1 saturated carbocycles. The van der Waals surface area contributed by atoms with Gasteiger partial charge in [0.15, 0.2) is 0 Å². The van der Waals surface area contributed by atoms with Gasteiger partial charge in [0, 0.05) is 5.92 Å². The van der Waals surface area contributed by atoms with Crippen molar-refractivity contribution in [1.29, 1.82) is 0 Å². The zero-order valence-corrected chi connectivity index (χ0v) is 8.98. The van der Waals surface area contributed by atoms with E-state index in [0.717, 1.165) is 11.7 Å². The second kappa shape index (κ2) is 2.66. The lowest BCUT2D eigenvalue weighted by molar-refractivity contribution is 0.388. The second-order valence-electron chi connectivity index (χ2n) is 4.50. The van der Waals surface area contributed by atoms with E-state index in [0.29, 0.717) is 5.92 Å². The van der Waals surface area contributed by atoms with Crippen LogP contribution in [-0.2, 0) is 4.43 Å². The number of rotatable bonds is 3. The fraction of sp³-hybridized carbons (Fsp3) is 0.778. The molecule has 0 aromatic rings. The molecule has 2 atom stereocenters. The van der Waals surface area contributed by atoms with E-state index < -0.39 is 8.32 Å². The second-order valence-corrected chi connectivity index (χ2v) is 8.93. The van der Waals surface area contributed by atoms with Crippen molar-refractivity contribution in [3.05, 3.63) is 12.3 Å². The zero-order valence-electron chi connectivity index (χ0n) is 7.98. The van der Waals surface area contributed by atoms with Crippen molar-refractivity contribution in [2.24, 2.45) is 11.8 Å². The molecule has 1 fully saturated rings. The van der Waals surface area contributed by atoms with Crippen molar-refractivity contribution in [1.82, 2.24) is 0 Å². The summed E-state index contributed by atoms with van der Waals surface area (Å²) >= 11 is 0. The Hall–Kier alpha value is -0.243. The molecule has 1 rings (SSSR count). The standard InChI is InChI=1S/C9H18OSi/c1-7-6-9(7)8(2)10-11(3,4)5/h7,9H,2,6H2,1,3-5H3/t7-,9-/m0/s1. The molecule has 1 aliphatic carbocycles. The first-order valence-electron chi connectivity index (χ1n) is 4.28.